The first-order valence-electron chi connectivity index (χ1n) is 18.9. The third-order valence-electron chi connectivity index (χ3n) is 9.32. The van der Waals surface area contributed by atoms with Crippen molar-refractivity contribution in [3.63, 3.8) is 0 Å². The molecule has 288 valence electrons. The summed E-state index contributed by atoms with van der Waals surface area (Å²) in [6.07, 6.45) is 3.15. The molecule has 3 N–H and O–H groups in total. The van der Waals surface area contributed by atoms with E-state index in [-0.39, 0.29) is 30.8 Å². The maximum atomic E-state index is 12.4. The summed E-state index contributed by atoms with van der Waals surface area (Å²) in [5, 5.41) is 9.14. The number of carbonyl (C=O) groups excluding carboxylic acids is 2. The van der Waals surface area contributed by atoms with Gasteiger partial charge in [0.1, 0.15) is 22.8 Å². The smallest absolute Gasteiger partial charge is 0.342 e. The van der Waals surface area contributed by atoms with Crippen LogP contribution in [0.2, 0.25) is 0 Å². The fourth-order valence-electron chi connectivity index (χ4n) is 6.45. The van der Waals surface area contributed by atoms with Crippen LogP contribution in [0.3, 0.4) is 0 Å². The number of esters is 2. The number of nitrogens with two attached hydrogens (primary N) is 1. The molecule has 2 saturated heterocycles. The summed E-state index contributed by atoms with van der Waals surface area (Å²) in [5.74, 6) is 0.792. The Balaban J connectivity index is 0.000000208. The predicted octanol–water partition coefficient (Wildman–Crippen LogP) is 4.89. The van der Waals surface area contributed by atoms with Crippen LogP contribution in [0.25, 0.3) is 0 Å². The highest BCUT2D eigenvalue weighted by molar-refractivity contribution is 5.95. The number of benzene rings is 2. The summed E-state index contributed by atoms with van der Waals surface area (Å²) in [6.45, 7) is 16.8. The number of rotatable bonds is 12. The Morgan fingerprint density at radius 3 is 1.33 bits per heavy atom. The molecule has 0 radical (unpaired) electrons. The van der Waals surface area contributed by atoms with E-state index >= 15 is 0 Å². The zero-order chi connectivity index (χ0) is 38.5. The third-order valence-corrected chi connectivity index (χ3v) is 9.32. The molecule has 12 heteroatoms. The normalized spacial score (nSPS) is 15.2. The summed E-state index contributed by atoms with van der Waals surface area (Å²) < 4.78 is 10.7. The first kappa shape index (κ1) is 40.3. The molecule has 6 rings (SSSR count). The summed E-state index contributed by atoms with van der Waals surface area (Å²) >= 11 is 0. The van der Waals surface area contributed by atoms with E-state index in [0.717, 1.165) is 82.4 Å². The molecule has 2 aromatic carbocycles. The van der Waals surface area contributed by atoms with E-state index in [0.29, 0.717) is 23.5 Å². The number of aliphatic hydroxyl groups is 1. The van der Waals surface area contributed by atoms with Gasteiger partial charge in [-0.2, -0.15) is 0 Å². The van der Waals surface area contributed by atoms with E-state index in [4.69, 9.17) is 20.3 Å². The van der Waals surface area contributed by atoms with Crippen molar-refractivity contribution in [1.29, 1.82) is 0 Å². The number of anilines is 2. The van der Waals surface area contributed by atoms with Gasteiger partial charge in [-0.05, 0) is 74.2 Å². The minimum Gasteiger partial charge on any atom is -0.459 e. The van der Waals surface area contributed by atoms with Crippen molar-refractivity contribution in [2.24, 2.45) is 5.73 Å². The predicted molar refractivity (Wildman–Crippen MR) is 211 cm³/mol. The first-order chi connectivity index (χ1) is 26.1. The second-order valence-electron chi connectivity index (χ2n) is 14.2. The van der Waals surface area contributed by atoms with Crippen LogP contribution < -0.4 is 15.5 Å². The Bertz CT molecular complexity index is 1640. The summed E-state index contributed by atoms with van der Waals surface area (Å²) in [5.41, 5.74) is 11.3. The summed E-state index contributed by atoms with van der Waals surface area (Å²) in [6, 6.07) is 23.7. The van der Waals surface area contributed by atoms with E-state index in [9.17, 15) is 9.59 Å². The van der Waals surface area contributed by atoms with E-state index in [1.165, 1.54) is 11.1 Å². The summed E-state index contributed by atoms with van der Waals surface area (Å²) in [7, 11) is 0. The van der Waals surface area contributed by atoms with Gasteiger partial charge in [0.05, 0.1) is 18.8 Å². The molecular weight excluding hydrogens is 683 g/mol. The van der Waals surface area contributed by atoms with Crippen LogP contribution in [0.15, 0.2) is 85.2 Å². The molecular formula is C42H55N7O5. The molecule has 4 aromatic rings. The maximum absolute atomic E-state index is 12.4. The van der Waals surface area contributed by atoms with Crippen molar-refractivity contribution >= 4 is 23.6 Å². The number of aliphatic hydroxyl groups excluding tert-OH is 1. The van der Waals surface area contributed by atoms with Gasteiger partial charge in [0.15, 0.2) is 0 Å². The number of hydrogen-bond donors (Lipinski definition) is 2. The van der Waals surface area contributed by atoms with Gasteiger partial charge in [-0.1, -0.05) is 48.5 Å². The second kappa shape index (κ2) is 20.0. The molecule has 0 aliphatic carbocycles. The van der Waals surface area contributed by atoms with Crippen LogP contribution in [0, 0.1) is 0 Å². The Morgan fingerprint density at radius 1 is 0.611 bits per heavy atom. The van der Waals surface area contributed by atoms with Crippen molar-refractivity contribution in [1.82, 2.24) is 19.8 Å². The SMILES string of the molecule is CC(C)OC(=O)c1cccnc1N1CCN(Cc2ccc(CN)cc2)CC1.CC(C)OC(=O)c1cccnc1N1CCN(Cc2ccc(CO)cc2)CC1. The Kier molecular flexibility index (Phi) is 14.9. The van der Waals surface area contributed by atoms with Crippen molar-refractivity contribution in [2.75, 3.05) is 62.2 Å². The lowest BCUT2D eigenvalue weighted by Gasteiger charge is -2.36. The topological polar surface area (TPSA) is 138 Å². The average molecular weight is 738 g/mol. The molecule has 54 heavy (non-hydrogen) atoms. The molecule has 2 fully saturated rings. The van der Waals surface area contributed by atoms with Gasteiger partial charge < -0.3 is 30.1 Å². The lowest BCUT2D eigenvalue weighted by molar-refractivity contribution is 0.0367. The number of pyridine rings is 2. The van der Waals surface area contributed by atoms with Gasteiger partial charge in [0, 0.05) is 84.4 Å². The van der Waals surface area contributed by atoms with Crippen LogP contribution in [0.4, 0.5) is 11.6 Å². The van der Waals surface area contributed by atoms with E-state index < -0.39 is 0 Å². The van der Waals surface area contributed by atoms with Gasteiger partial charge in [0.25, 0.3) is 0 Å². The van der Waals surface area contributed by atoms with E-state index in [1.807, 2.05) is 39.8 Å². The minimum atomic E-state index is -0.320. The molecule has 2 aliphatic heterocycles. The molecule has 0 amide bonds. The Hall–Kier alpha value is -4.88. The minimum absolute atomic E-state index is 0.0740. The highest BCUT2D eigenvalue weighted by Crippen LogP contribution is 2.23. The van der Waals surface area contributed by atoms with Gasteiger partial charge in [-0.15, -0.1) is 0 Å². The van der Waals surface area contributed by atoms with Crippen LogP contribution in [-0.2, 0) is 35.7 Å². The molecule has 0 bridgehead atoms. The van der Waals surface area contributed by atoms with Crippen molar-refractivity contribution < 1.29 is 24.2 Å². The quantitative estimate of drug-likeness (QED) is 0.192. The Morgan fingerprint density at radius 2 is 0.981 bits per heavy atom. The van der Waals surface area contributed by atoms with Gasteiger partial charge in [0.2, 0.25) is 0 Å². The van der Waals surface area contributed by atoms with Crippen molar-refractivity contribution in [3.8, 4) is 0 Å². The number of aromatic nitrogens is 2. The maximum Gasteiger partial charge on any atom is 0.342 e. The monoisotopic (exact) mass is 737 g/mol. The number of carbonyl (C=O) groups is 2. The molecule has 0 unspecified atom stereocenters. The number of piperazine rings is 2. The van der Waals surface area contributed by atoms with Gasteiger partial charge >= 0.3 is 11.9 Å². The largest absolute Gasteiger partial charge is 0.459 e. The molecule has 0 saturated carbocycles. The van der Waals surface area contributed by atoms with Crippen LogP contribution in [0.1, 0.15) is 70.7 Å². The van der Waals surface area contributed by atoms with Crippen LogP contribution in [0.5, 0.6) is 0 Å². The summed E-state index contributed by atoms with van der Waals surface area (Å²) in [4.78, 5) is 42.8. The second-order valence-corrected chi connectivity index (χ2v) is 14.2. The molecule has 0 spiro atoms. The standard InChI is InChI=1S/C21H28N4O2.C21H27N3O3/c1-16(2)27-21(26)19-4-3-9-23-20(19)25-12-10-24(11-13-25)15-18-7-5-17(14-22)6-8-18;1-16(2)27-21(26)19-4-3-9-22-20(19)24-12-10-23(11-13-24)14-17-5-7-18(15-25)8-6-17/h3-9,16H,10-15,22H2,1-2H3;3-9,16,25H,10-15H2,1-2H3. The van der Waals surface area contributed by atoms with E-state index in [2.05, 4.69) is 66.0 Å². The van der Waals surface area contributed by atoms with Gasteiger partial charge in [-0.3, -0.25) is 9.80 Å². The number of hydrogen-bond acceptors (Lipinski definition) is 12. The first-order valence-corrected chi connectivity index (χ1v) is 18.9. The van der Waals surface area contributed by atoms with E-state index in [1.54, 1.807) is 36.7 Å². The fraction of sp³-hybridized carbons (Fsp3) is 0.429. The number of nitrogens with zero attached hydrogens (tertiary/aromatic N) is 6. The lowest BCUT2D eigenvalue weighted by Crippen LogP contribution is -2.46. The van der Waals surface area contributed by atoms with Gasteiger partial charge in [-0.25, -0.2) is 19.6 Å². The highest BCUT2D eigenvalue weighted by Gasteiger charge is 2.25. The zero-order valence-electron chi connectivity index (χ0n) is 32.1. The highest BCUT2D eigenvalue weighted by atomic mass is 16.5. The van der Waals surface area contributed by atoms with Crippen LogP contribution >= 0.6 is 0 Å². The molecule has 2 aromatic heterocycles. The fourth-order valence-corrected chi connectivity index (χ4v) is 6.45. The zero-order valence-corrected chi connectivity index (χ0v) is 32.1. The van der Waals surface area contributed by atoms with Crippen molar-refractivity contribution in [3.05, 3.63) is 119 Å². The lowest BCUT2D eigenvalue weighted by atomic mass is 10.1. The molecule has 4 heterocycles. The molecule has 2 aliphatic rings. The van der Waals surface area contributed by atoms with Crippen molar-refractivity contribution in [2.45, 2.75) is 66.1 Å². The molecule has 0 atom stereocenters. The average Bonchev–Trinajstić information content (AvgIpc) is 3.19. The third kappa shape index (κ3) is 11.6. The number of ether oxygens (including phenoxy) is 2. The Labute approximate surface area is 319 Å². The van der Waals surface area contributed by atoms with Crippen LogP contribution in [-0.4, -0.2) is 101 Å². The molecule has 12 nitrogen and oxygen atoms in total.